The van der Waals surface area contributed by atoms with E-state index < -0.39 is 30.4 Å². The number of anilines is 2. The molecule has 2 unspecified atom stereocenters. The van der Waals surface area contributed by atoms with Crippen LogP contribution >= 0.6 is 11.6 Å². The van der Waals surface area contributed by atoms with E-state index in [1.54, 1.807) is 48.5 Å². The molecule has 0 radical (unpaired) electrons. The predicted octanol–water partition coefficient (Wildman–Crippen LogP) is 2.68. The van der Waals surface area contributed by atoms with E-state index in [9.17, 15) is 14.4 Å². The fourth-order valence-corrected chi connectivity index (χ4v) is 3.04. The average Bonchev–Trinajstić information content (AvgIpc) is 3.16. The molecule has 0 aromatic heterocycles. The van der Waals surface area contributed by atoms with Crippen molar-refractivity contribution in [1.82, 2.24) is 10.6 Å². The highest BCUT2D eigenvalue weighted by atomic mass is 35.5. The molecule has 0 fully saturated rings. The summed E-state index contributed by atoms with van der Waals surface area (Å²) in [5.74, 6) is -1.08. The number of rotatable bonds is 7. The number of hydrogen-bond donors (Lipinski definition) is 5. The fourth-order valence-electron chi connectivity index (χ4n) is 2.91. The molecule has 2 aromatic rings. The Hall–Kier alpha value is -3.59. The van der Waals surface area contributed by atoms with Gasteiger partial charge < -0.3 is 26.4 Å². The molecule has 3 amide bonds. The van der Waals surface area contributed by atoms with Gasteiger partial charge in [-0.2, -0.15) is 0 Å². The summed E-state index contributed by atoms with van der Waals surface area (Å²) in [6.07, 6.45) is -0.573. The number of aliphatic carboxylic acids is 1. The van der Waals surface area contributed by atoms with Crippen LogP contribution < -0.4 is 21.3 Å². The molecule has 2 aromatic carbocycles. The van der Waals surface area contributed by atoms with Crippen LogP contribution in [-0.4, -0.2) is 47.5 Å². The third kappa shape index (κ3) is 6.45. The number of hydrogen-bond acceptors (Lipinski definition) is 5. The molecule has 9 nitrogen and oxygen atoms in total. The van der Waals surface area contributed by atoms with E-state index in [0.717, 1.165) is 11.4 Å². The normalized spacial score (nSPS) is 15.9. The van der Waals surface area contributed by atoms with Gasteiger partial charge in [-0.1, -0.05) is 11.6 Å². The molecule has 1 aliphatic rings. The summed E-state index contributed by atoms with van der Waals surface area (Å²) in [5, 5.41) is 20.4. The predicted molar refractivity (Wildman–Crippen MR) is 119 cm³/mol. The minimum Gasteiger partial charge on any atom is -0.481 e. The zero-order valence-corrected chi connectivity index (χ0v) is 17.4. The fraction of sp³-hybridized carbons (Fsp3) is 0.238. The second kappa shape index (κ2) is 9.94. The molecule has 3 rings (SSSR count). The van der Waals surface area contributed by atoms with E-state index in [0.29, 0.717) is 22.9 Å². The minimum absolute atomic E-state index is 0.274. The number of carbonyl (C=O) groups excluding carboxylic acids is 2. The minimum atomic E-state index is -1.27. The Bertz CT molecular complexity index is 992. The number of amides is 3. The summed E-state index contributed by atoms with van der Waals surface area (Å²) < 4.78 is 0. The summed E-state index contributed by atoms with van der Waals surface area (Å²) in [7, 11) is 0. The molecule has 0 saturated heterocycles. The highest BCUT2D eigenvalue weighted by Gasteiger charge is 2.24. The van der Waals surface area contributed by atoms with Crippen LogP contribution in [0.5, 0.6) is 0 Å². The third-order valence-corrected chi connectivity index (χ3v) is 4.69. The Labute approximate surface area is 183 Å². The standard InChI is InChI=1S/C21H22ClN5O4/c1-12-11-23-19(24-12)13-2-6-15(7-3-13)25-20(30)17(10-18(28)29)27-21(31)26-16-8-4-14(22)5-9-16/h2-9,12,17H,10-11H2,1H3,(H,23,24)(H,25,30)(H,28,29)(H2,26,27,31). The Morgan fingerprint density at radius 3 is 2.29 bits per heavy atom. The summed E-state index contributed by atoms with van der Waals surface area (Å²) >= 11 is 5.80. The van der Waals surface area contributed by atoms with Gasteiger partial charge in [-0.15, -0.1) is 0 Å². The first-order valence-corrected chi connectivity index (χ1v) is 9.95. The van der Waals surface area contributed by atoms with Crippen molar-refractivity contribution in [2.24, 2.45) is 4.99 Å². The first-order valence-electron chi connectivity index (χ1n) is 9.57. The summed E-state index contributed by atoms with van der Waals surface area (Å²) in [5.41, 5.74) is 1.80. The molecule has 2 atom stereocenters. The molecule has 0 spiro atoms. The quantitative estimate of drug-likeness (QED) is 0.449. The molecule has 0 aliphatic carbocycles. The smallest absolute Gasteiger partial charge is 0.319 e. The maximum absolute atomic E-state index is 12.6. The lowest BCUT2D eigenvalue weighted by Gasteiger charge is -2.17. The van der Waals surface area contributed by atoms with Crippen molar-refractivity contribution in [3.8, 4) is 0 Å². The molecule has 10 heteroatoms. The Kier molecular flexibility index (Phi) is 7.09. The number of amidine groups is 1. The van der Waals surface area contributed by atoms with Crippen molar-refractivity contribution < 1.29 is 19.5 Å². The Morgan fingerprint density at radius 1 is 1.10 bits per heavy atom. The van der Waals surface area contributed by atoms with E-state index in [1.165, 1.54) is 0 Å². The number of benzene rings is 2. The lowest BCUT2D eigenvalue weighted by atomic mass is 10.1. The molecule has 0 saturated carbocycles. The molecule has 162 valence electrons. The van der Waals surface area contributed by atoms with Crippen molar-refractivity contribution in [3.63, 3.8) is 0 Å². The van der Waals surface area contributed by atoms with E-state index >= 15 is 0 Å². The first-order chi connectivity index (χ1) is 14.8. The van der Waals surface area contributed by atoms with Gasteiger partial charge in [0.15, 0.2) is 0 Å². The lowest BCUT2D eigenvalue weighted by molar-refractivity contribution is -0.139. The number of nitrogens with one attached hydrogen (secondary N) is 4. The van der Waals surface area contributed by atoms with Gasteiger partial charge in [-0.05, 0) is 55.5 Å². The number of halogens is 1. The summed E-state index contributed by atoms with van der Waals surface area (Å²) in [6, 6.07) is 11.6. The largest absolute Gasteiger partial charge is 0.481 e. The van der Waals surface area contributed by atoms with Crippen LogP contribution in [0.15, 0.2) is 53.5 Å². The second-order valence-corrected chi connectivity index (χ2v) is 7.49. The molecule has 0 bridgehead atoms. The molecular formula is C21H22ClN5O4. The molecule has 1 heterocycles. The maximum Gasteiger partial charge on any atom is 0.319 e. The third-order valence-electron chi connectivity index (χ3n) is 4.43. The highest BCUT2D eigenvalue weighted by molar-refractivity contribution is 6.30. The van der Waals surface area contributed by atoms with Crippen molar-refractivity contribution in [2.75, 3.05) is 17.2 Å². The van der Waals surface area contributed by atoms with Gasteiger partial charge in [0.2, 0.25) is 5.91 Å². The SMILES string of the molecule is CC1CN=C(c2ccc(NC(=O)C(CC(=O)O)NC(=O)Nc3ccc(Cl)cc3)cc2)N1. The van der Waals surface area contributed by atoms with Gasteiger partial charge in [-0.3, -0.25) is 14.6 Å². The first kappa shape index (κ1) is 22.1. The number of aliphatic imine (C=N–C) groups is 1. The zero-order valence-electron chi connectivity index (χ0n) is 16.7. The van der Waals surface area contributed by atoms with Crippen LogP contribution in [0, 0.1) is 0 Å². The number of carbonyl (C=O) groups is 3. The Balaban J connectivity index is 1.61. The van der Waals surface area contributed by atoms with E-state index in [-0.39, 0.29) is 6.04 Å². The van der Waals surface area contributed by atoms with Crippen molar-refractivity contribution in [3.05, 3.63) is 59.1 Å². The zero-order chi connectivity index (χ0) is 22.4. The van der Waals surface area contributed by atoms with Crippen LogP contribution in [0.1, 0.15) is 18.9 Å². The van der Waals surface area contributed by atoms with E-state index in [4.69, 9.17) is 16.7 Å². The van der Waals surface area contributed by atoms with Crippen LogP contribution in [0.3, 0.4) is 0 Å². The van der Waals surface area contributed by atoms with Crippen LogP contribution in [-0.2, 0) is 9.59 Å². The average molecular weight is 444 g/mol. The van der Waals surface area contributed by atoms with Gasteiger partial charge in [0, 0.05) is 28.0 Å². The van der Waals surface area contributed by atoms with E-state index in [2.05, 4.69) is 26.3 Å². The van der Waals surface area contributed by atoms with Gasteiger partial charge in [0.1, 0.15) is 11.9 Å². The number of carboxylic acid groups (broad SMARTS) is 1. The molecule has 31 heavy (non-hydrogen) atoms. The summed E-state index contributed by atoms with van der Waals surface area (Å²) in [4.78, 5) is 40.4. The van der Waals surface area contributed by atoms with Crippen LogP contribution in [0.25, 0.3) is 0 Å². The number of nitrogens with zero attached hydrogens (tertiary/aromatic N) is 1. The highest BCUT2D eigenvalue weighted by Crippen LogP contribution is 2.14. The second-order valence-electron chi connectivity index (χ2n) is 7.06. The van der Waals surface area contributed by atoms with Gasteiger partial charge in [-0.25, -0.2) is 4.79 Å². The van der Waals surface area contributed by atoms with Crippen LogP contribution in [0.2, 0.25) is 5.02 Å². The maximum atomic E-state index is 12.6. The molecule has 5 N–H and O–H groups in total. The summed E-state index contributed by atoms with van der Waals surface area (Å²) in [6.45, 7) is 2.73. The van der Waals surface area contributed by atoms with Crippen molar-refractivity contribution in [1.29, 1.82) is 0 Å². The van der Waals surface area contributed by atoms with Crippen molar-refractivity contribution >= 4 is 46.7 Å². The number of carboxylic acids is 1. The van der Waals surface area contributed by atoms with Gasteiger partial charge >= 0.3 is 12.0 Å². The topological polar surface area (TPSA) is 132 Å². The molecule has 1 aliphatic heterocycles. The lowest BCUT2D eigenvalue weighted by Crippen LogP contribution is -2.46. The Morgan fingerprint density at radius 2 is 1.71 bits per heavy atom. The van der Waals surface area contributed by atoms with E-state index in [1.807, 2.05) is 6.92 Å². The van der Waals surface area contributed by atoms with Gasteiger partial charge in [0.25, 0.3) is 0 Å². The number of urea groups is 1. The molecular weight excluding hydrogens is 422 g/mol. The van der Waals surface area contributed by atoms with Crippen LogP contribution in [0.4, 0.5) is 16.2 Å². The monoisotopic (exact) mass is 443 g/mol. The van der Waals surface area contributed by atoms with Gasteiger partial charge in [0.05, 0.1) is 13.0 Å². The van der Waals surface area contributed by atoms with Crippen molar-refractivity contribution in [2.45, 2.75) is 25.4 Å².